The number of aromatic nitrogens is 2. The minimum Gasteiger partial charge on any atom is -0.366 e. The van der Waals surface area contributed by atoms with Gasteiger partial charge in [-0.15, -0.1) is 0 Å². The molecule has 2 heterocycles. The molecule has 1 saturated heterocycles. The van der Waals surface area contributed by atoms with Crippen LogP contribution in [0, 0.1) is 3.57 Å². The highest BCUT2D eigenvalue weighted by Crippen LogP contribution is 2.38. The van der Waals surface area contributed by atoms with E-state index in [0.29, 0.717) is 15.2 Å². The lowest BCUT2D eigenvalue weighted by Crippen LogP contribution is -2.58. The fourth-order valence-corrected chi connectivity index (χ4v) is 3.39. The third kappa shape index (κ3) is 2.27. The van der Waals surface area contributed by atoms with Crippen molar-refractivity contribution in [3.8, 4) is 0 Å². The molecule has 5 nitrogen and oxygen atoms in total. The van der Waals surface area contributed by atoms with E-state index in [4.69, 9.17) is 0 Å². The van der Waals surface area contributed by atoms with Gasteiger partial charge in [0.15, 0.2) is 0 Å². The van der Waals surface area contributed by atoms with Gasteiger partial charge in [-0.25, -0.2) is 4.98 Å². The van der Waals surface area contributed by atoms with Gasteiger partial charge in [0, 0.05) is 11.6 Å². The molecule has 0 aromatic carbocycles. The Morgan fingerprint density at radius 2 is 2.33 bits per heavy atom. The molecule has 2 aliphatic rings. The van der Waals surface area contributed by atoms with Crippen molar-refractivity contribution in [2.75, 3.05) is 11.9 Å². The number of piperidine rings is 1. The van der Waals surface area contributed by atoms with Gasteiger partial charge >= 0.3 is 0 Å². The minimum absolute atomic E-state index is 0.0691. The number of H-pyrrole nitrogens is 1. The largest absolute Gasteiger partial charge is 0.366 e. The summed E-state index contributed by atoms with van der Waals surface area (Å²) in [6.45, 7) is 1.05. The molecule has 0 amide bonds. The molecule has 1 unspecified atom stereocenters. The highest BCUT2D eigenvalue weighted by Gasteiger charge is 2.40. The van der Waals surface area contributed by atoms with Crippen LogP contribution in [0.2, 0.25) is 0 Å². The van der Waals surface area contributed by atoms with E-state index < -0.39 is 0 Å². The Bertz CT molecular complexity index is 497. The topological polar surface area (TPSA) is 69.8 Å². The van der Waals surface area contributed by atoms with E-state index >= 15 is 0 Å². The van der Waals surface area contributed by atoms with Gasteiger partial charge in [0.25, 0.3) is 5.56 Å². The lowest BCUT2D eigenvalue weighted by atomic mass is 9.70. The molecule has 1 aromatic rings. The summed E-state index contributed by atoms with van der Waals surface area (Å²) >= 11 is 2.05. The summed E-state index contributed by atoms with van der Waals surface area (Å²) in [4.78, 5) is 18.3. The van der Waals surface area contributed by atoms with Crippen LogP contribution >= 0.6 is 22.6 Å². The van der Waals surface area contributed by atoms with E-state index in [9.17, 15) is 4.79 Å². The van der Waals surface area contributed by atoms with Crippen molar-refractivity contribution >= 4 is 28.4 Å². The molecule has 98 valence electrons. The number of nitrogens with one attached hydrogen (secondary N) is 3. The van der Waals surface area contributed by atoms with Gasteiger partial charge in [-0.05, 0) is 61.2 Å². The van der Waals surface area contributed by atoms with Crippen molar-refractivity contribution < 1.29 is 0 Å². The van der Waals surface area contributed by atoms with E-state index in [2.05, 4.69) is 20.6 Å². The zero-order valence-corrected chi connectivity index (χ0v) is 12.3. The van der Waals surface area contributed by atoms with Crippen LogP contribution < -0.4 is 16.2 Å². The summed E-state index contributed by atoms with van der Waals surface area (Å²) in [7, 11) is 0. The molecule has 1 spiro atoms. The quantitative estimate of drug-likeness (QED) is 0.699. The van der Waals surface area contributed by atoms with Gasteiger partial charge in [-0.2, -0.15) is 0 Å². The highest BCUT2D eigenvalue weighted by atomic mass is 127. The Balaban J connectivity index is 1.72. The molecule has 3 N–H and O–H groups in total. The van der Waals surface area contributed by atoms with Crippen LogP contribution in [0.1, 0.15) is 32.1 Å². The first-order chi connectivity index (χ1) is 8.69. The maximum absolute atomic E-state index is 11.5. The van der Waals surface area contributed by atoms with Gasteiger partial charge in [-0.1, -0.05) is 0 Å². The summed E-state index contributed by atoms with van der Waals surface area (Å²) in [5.74, 6) is 0.723. The van der Waals surface area contributed by atoms with Gasteiger partial charge in [-0.3, -0.25) is 4.79 Å². The number of aromatic amines is 1. The van der Waals surface area contributed by atoms with E-state index in [-0.39, 0.29) is 5.56 Å². The van der Waals surface area contributed by atoms with Crippen molar-refractivity contribution in [1.82, 2.24) is 15.3 Å². The smallest absolute Gasteiger partial charge is 0.266 e. The monoisotopic (exact) mass is 360 g/mol. The molecule has 1 saturated carbocycles. The maximum Gasteiger partial charge on any atom is 0.266 e. The van der Waals surface area contributed by atoms with Crippen LogP contribution in [0.5, 0.6) is 0 Å². The fourth-order valence-electron chi connectivity index (χ4n) is 2.94. The minimum atomic E-state index is -0.0691. The molecule has 3 rings (SSSR count). The predicted molar refractivity (Wildman–Crippen MR) is 78.8 cm³/mol. The lowest BCUT2D eigenvalue weighted by Gasteiger charge is -2.48. The Labute approximate surface area is 119 Å². The number of hydrogen-bond donors (Lipinski definition) is 3. The zero-order valence-electron chi connectivity index (χ0n) is 10.1. The normalized spacial score (nSPS) is 25.7. The summed E-state index contributed by atoms with van der Waals surface area (Å²) < 4.78 is 0.649. The predicted octanol–water partition coefficient (Wildman–Crippen LogP) is 1.46. The second-order valence-electron chi connectivity index (χ2n) is 5.29. The van der Waals surface area contributed by atoms with Crippen LogP contribution in [0.15, 0.2) is 11.1 Å². The molecule has 6 heteroatoms. The van der Waals surface area contributed by atoms with Gasteiger partial charge in [0.05, 0.1) is 6.33 Å². The number of hydrogen-bond acceptors (Lipinski definition) is 4. The first kappa shape index (κ1) is 12.4. The molecular formula is C12H17IN4O. The van der Waals surface area contributed by atoms with Crippen molar-refractivity contribution in [2.24, 2.45) is 0 Å². The maximum atomic E-state index is 11.5. The van der Waals surface area contributed by atoms with Gasteiger partial charge in [0.1, 0.15) is 9.39 Å². The third-order valence-corrected chi connectivity index (χ3v) is 5.08. The summed E-state index contributed by atoms with van der Waals surface area (Å²) in [5.41, 5.74) is 0.295. The zero-order chi connectivity index (χ0) is 12.6. The third-order valence-electron chi connectivity index (χ3n) is 4.08. The summed E-state index contributed by atoms with van der Waals surface area (Å²) in [5, 5.41) is 7.08. The van der Waals surface area contributed by atoms with Crippen LogP contribution in [0.3, 0.4) is 0 Å². The van der Waals surface area contributed by atoms with Crippen molar-refractivity contribution in [2.45, 2.75) is 43.7 Å². The molecule has 0 radical (unpaired) electrons. The second-order valence-corrected chi connectivity index (χ2v) is 6.37. The summed E-state index contributed by atoms with van der Waals surface area (Å²) in [6, 6.07) is 0.425. The highest BCUT2D eigenvalue weighted by molar-refractivity contribution is 14.1. The average Bonchev–Trinajstić information content (AvgIpc) is 2.34. The Morgan fingerprint density at radius 1 is 1.50 bits per heavy atom. The first-order valence-electron chi connectivity index (χ1n) is 6.43. The second kappa shape index (κ2) is 4.80. The number of halogens is 1. The molecule has 2 fully saturated rings. The van der Waals surface area contributed by atoms with E-state index in [1.54, 1.807) is 0 Å². The molecule has 0 bridgehead atoms. The fraction of sp³-hybridized carbons (Fsp3) is 0.667. The van der Waals surface area contributed by atoms with Crippen molar-refractivity contribution in [3.05, 3.63) is 20.3 Å². The van der Waals surface area contributed by atoms with Crippen molar-refractivity contribution in [3.63, 3.8) is 0 Å². The Hall–Kier alpha value is -0.630. The van der Waals surface area contributed by atoms with Crippen LogP contribution in [-0.4, -0.2) is 28.1 Å². The number of nitrogens with zero attached hydrogens (tertiary/aromatic N) is 1. The molecule has 18 heavy (non-hydrogen) atoms. The average molecular weight is 360 g/mol. The van der Waals surface area contributed by atoms with Gasteiger partial charge < -0.3 is 15.6 Å². The van der Waals surface area contributed by atoms with E-state index in [1.165, 1.54) is 25.6 Å². The molecule has 1 aliphatic carbocycles. The molecule has 1 aliphatic heterocycles. The Morgan fingerprint density at radius 3 is 3.06 bits per heavy atom. The number of anilines is 1. The molecular weight excluding hydrogens is 343 g/mol. The lowest BCUT2D eigenvalue weighted by molar-refractivity contribution is 0.135. The first-order valence-corrected chi connectivity index (χ1v) is 7.51. The van der Waals surface area contributed by atoms with Crippen LogP contribution in [0.25, 0.3) is 0 Å². The van der Waals surface area contributed by atoms with Crippen molar-refractivity contribution in [1.29, 1.82) is 0 Å². The van der Waals surface area contributed by atoms with Crippen LogP contribution in [0.4, 0.5) is 5.82 Å². The molecule has 1 aromatic heterocycles. The SMILES string of the molecule is O=c1[nH]cnc(NC2CCNC3(CCC3)C2)c1I. The van der Waals surface area contributed by atoms with E-state index in [1.807, 2.05) is 22.6 Å². The molecule has 1 atom stereocenters. The van der Waals surface area contributed by atoms with Gasteiger partial charge in [0.2, 0.25) is 0 Å². The van der Waals surface area contributed by atoms with E-state index in [0.717, 1.165) is 25.2 Å². The summed E-state index contributed by atoms with van der Waals surface area (Å²) in [6.07, 6.45) is 7.59. The number of rotatable bonds is 2. The standard InChI is InChI=1S/C12H17IN4O/c13-9-10(14-7-15-11(9)18)17-8-2-5-16-12(6-8)3-1-4-12/h7-8,16H,1-6H2,(H2,14,15,17,18). The Kier molecular flexibility index (Phi) is 3.31. The van der Waals surface area contributed by atoms with Crippen LogP contribution in [-0.2, 0) is 0 Å².